The van der Waals surface area contributed by atoms with Gasteiger partial charge in [-0.1, -0.05) is 5.92 Å². The third-order valence-electron chi connectivity index (χ3n) is 1.91. The molecule has 62 valence electrons. The molecule has 0 spiro atoms. The minimum absolute atomic E-state index is 0.277. The minimum atomic E-state index is 0.277. The number of terminal acetylenes is 1. The standard InChI is InChI=1S/C10H12N2/c1-4-9-7-12-6-5-10(9)8(2)11-3/h1,5-8,11H,2-3H3/t8-/m0/s1. The molecule has 1 aromatic heterocycles. The largest absolute Gasteiger partial charge is 0.313 e. The van der Waals surface area contributed by atoms with Crippen molar-refractivity contribution < 1.29 is 0 Å². The van der Waals surface area contributed by atoms with Crippen LogP contribution in [0.5, 0.6) is 0 Å². The zero-order valence-corrected chi connectivity index (χ0v) is 7.33. The molecule has 1 N–H and O–H groups in total. The minimum Gasteiger partial charge on any atom is -0.313 e. The molecule has 0 aromatic carbocycles. The zero-order valence-electron chi connectivity index (χ0n) is 7.33. The van der Waals surface area contributed by atoms with E-state index in [1.807, 2.05) is 13.1 Å². The second kappa shape index (κ2) is 3.89. The van der Waals surface area contributed by atoms with E-state index in [-0.39, 0.29) is 6.04 Å². The number of rotatable bonds is 2. The molecular formula is C10H12N2. The number of nitrogens with one attached hydrogen (secondary N) is 1. The Morgan fingerprint density at radius 1 is 1.67 bits per heavy atom. The van der Waals surface area contributed by atoms with Gasteiger partial charge in [0, 0.05) is 24.0 Å². The fourth-order valence-electron chi connectivity index (χ4n) is 1.06. The van der Waals surface area contributed by atoms with Gasteiger partial charge in [0.25, 0.3) is 0 Å². The summed E-state index contributed by atoms with van der Waals surface area (Å²) in [5.41, 5.74) is 1.98. The van der Waals surface area contributed by atoms with Gasteiger partial charge < -0.3 is 5.32 Å². The van der Waals surface area contributed by atoms with Gasteiger partial charge in [-0.15, -0.1) is 6.42 Å². The molecule has 1 aromatic rings. The molecule has 1 atom stereocenters. The highest BCUT2D eigenvalue weighted by atomic mass is 14.9. The molecule has 2 heteroatoms. The van der Waals surface area contributed by atoms with Crippen LogP contribution in [0.3, 0.4) is 0 Å². The molecule has 0 aliphatic carbocycles. The lowest BCUT2D eigenvalue weighted by Gasteiger charge is -2.11. The van der Waals surface area contributed by atoms with Crippen molar-refractivity contribution in [2.75, 3.05) is 7.05 Å². The van der Waals surface area contributed by atoms with Crippen molar-refractivity contribution in [3.63, 3.8) is 0 Å². The summed E-state index contributed by atoms with van der Waals surface area (Å²) in [6.45, 7) is 2.07. The van der Waals surface area contributed by atoms with Crippen molar-refractivity contribution in [3.05, 3.63) is 29.6 Å². The summed E-state index contributed by atoms with van der Waals surface area (Å²) in [6.07, 6.45) is 8.79. The number of hydrogen-bond acceptors (Lipinski definition) is 2. The van der Waals surface area contributed by atoms with Crippen LogP contribution in [-0.2, 0) is 0 Å². The number of aromatic nitrogens is 1. The van der Waals surface area contributed by atoms with Crippen LogP contribution in [0.1, 0.15) is 24.1 Å². The molecule has 0 saturated heterocycles. The molecule has 0 bridgehead atoms. The van der Waals surface area contributed by atoms with Crippen LogP contribution in [0.25, 0.3) is 0 Å². The molecule has 0 saturated carbocycles. The van der Waals surface area contributed by atoms with E-state index in [0.717, 1.165) is 11.1 Å². The lowest BCUT2D eigenvalue weighted by atomic mass is 10.1. The fourth-order valence-corrected chi connectivity index (χ4v) is 1.06. The van der Waals surface area contributed by atoms with Crippen LogP contribution >= 0.6 is 0 Å². The van der Waals surface area contributed by atoms with Crippen molar-refractivity contribution >= 4 is 0 Å². The van der Waals surface area contributed by atoms with Crippen molar-refractivity contribution in [3.8, 4) is 12.3 Å². The summed E-state index contributed by atoms with van der Waals surface area (Å²) < 4.78 is 0. The first-order valence-electron chi connectivity index (χ1n) is 3.87. The van der Waals surface area contributed by atoms with Crippen LogP contribution in [0.15, 0.2) is 18.5 Å². The van der Waals surface area contributed by atoms with Crippen molar-refractivity contribution in [2.45, 2.75) is 13.0 Å². The quantitative estimate of drug-likeness (QED) is 0.660. The molecule has 0 unspecified atom stereocenters. The highest BCUT2D eigenvalue weighted by molar-refractivity contribution is 5.38. The van der Waals surface area contributed by atoms with Crippen LogP contribution in [0, 0.1) is 12.3 Å². The molecule has 2 nitrogen and oxygen atoms in total. The fraction of sp³-hybridized carbons (Fsp3) is 0.300. The summed E-state index contributed by atoms with van der Waals surface area (Å²) in [5.74, 6) is 2.61. The van der Waals surface area contributed by atoms with Crippen LogP contribution in [0.2, 0.25) is 0 Å². The Labute approximate surface area is 73.0 Å². The average molecular weight is 160 g/mol. The van der Waals surface area contributed by atoms with Gasteiger partial charge in [-0.2, -0.15) is 0 Å². The van der Waals surface area contributed by atoms with E-state index in [2.05, 4.69) is 23.1 Å². The second-order valence-electron chi connectivity index (χ2n) is 2.62. The van der Waals surface area contributed by atoms with Crippen LogP contribution < -0.4 is 5.32 Å². The maximum Gasteiger partial charge on any atom is 0.0473 e. The molecule has 0 fully saturated rings. The Morgan fingerprint density at radius 2 is 2.42 bits per heavy atom. The molecule has 0 amide bonds. The molecule has 12 heavy (non-hydrogen) atoms. The normalized spacial score (nSPS) is 12.1. The second-order valence-corrected chi connectivity index (χ2v) is 2.62. The Hall–Kier alpha value is -1.33. The first kappa shape index (κ1) is 8.76. The molecule has 1 heterocycles. The van der Waals surface area contributed by atoms with E-state index >= 15 is 0 Å². The Kier molecular flexibility index (Phi) is 2.84. The van der Waals surface area contributed by atoms with Crippen molar-refractivity contribution in [1.29, 1.82) is 0 Å². The van der Waals surface area contributed by atoms with Crippen molar-refractivity contribution in [2.24, 2.45) is 0 Å². The number of pyridine rings is 1. The van der Waals surface area contributed by atoms with Gasteiger partial charge >= 0.3 is 0 Å². The summed E-state index contributed by atoms with van der Waals surface area (Å²) in [4.78, 5) is 3.96. The SMILES string of the molecule is C#Cc1cnccc1[C@H](C)NC. The molecule has 0 radical (unpaired) electrons. The first-order valence-corrected chi connectivity index (χ1v) is 3.87. The monoisotopic (exact) mass is 160 g/mol. The average Bonchev–Trinajstić information content (AvgIpc) is 2.16. The third kappa shape index (κ3) is 1.63. The van der Waals surface area contributed by atoms with Gasteiger partial charge in [-0.05, 0) is 25.6 Å². The molecule has 1 rings (SSSR count). The van der Waals surface area contributed by atoms with Gasteiger partial charge in [0.2, 0.25) is 0 Å². The molecule has 0 aliphatic heterocycles. The van der Waals surface area contributed by atoms with Crippen LogP contribution in [-0.4, -0.2) is 12.0 Å². The van der Waals surface area contributed by atoms with Gasteiger partial charge in [0.05, 0.1) is 0 Å². The van der Waals surface area contributed by atoms with E-state index in [9.17, 15) is 0 Å². The molecule has 0 aliphatic rings. The van der Waals surface area contributed by atoms with Crippen LogP contribution in [0.4, 0.5) is 0 Å². The topological polar surface area (TPSA) is 24.9 Å². The first-order chi connectivity index (χ1) is 5.79. The summed E-state index contributed by atoms with van der Waals surface area (Å²) in [7, 11) is 1.91. The van der Waals surface area contributed by atoms with Gasteiger partial charge in [0.15, 0.2) is 0 Å². The maximum atomic E-state index is 5.33. The summed E-state index contributed by atoms with van der Waals surface area (Å²) >= 11 is 0. The number of nitrogens with zero attached hydrogens (tertiary/aromatic N) is 1. The van der Waals surface area contributed by atoms with E-state index < -0.39 is 0 Å². The summed E-state index contributed by atoms with van der Waals surface area (Å²) in [6, 6.07) is 2.22. The predicted octanol–water partition coefficient (Wildman–Crippen LogP) is 1.34. The van der Waals surface area contributed by atoms with E-state index in [1.54, 1.807) is 12.4 Å². The van der Waals surface area contributed by atoms with Gasteiger partial charge in [-0.25, -0.2) is 0 Å². The van der Waals surface area contributed by atoms with Gasteiger partial charge in [-0.3, -0.25) is 4.98 Å². The Balaban J connectivity index is 3.07. The van der Waals surface area contributed by atoms with Gasteiger partial charge in [0.1, 0.15) is 0 Å². The van der Waals surface area contributed by atoms with E-state index in [0.29, 0.717) is 0 Å². The number of hydrogen-bond donors (Lipinski definition) is 1. The predicted molar refractivity (Wildman–Crippen MR) is 49.6 cm³/mol. The Bertz CT molecular complexity index is 299. The third-order valence-corrected chi connectivity index (χ3v) is 1.91. The molecular weight excluding hydrogens is 148 g/mol. The summed E-state index contributed by atoms with van der Waals surface area (Å²) in [5, 5.41) is 3.13. The zero-order chi connectivity index (χ0) is 8.97. The lowest BCUT2D eigenvalue weighted by Crippen LogP contribution is -2.13. The lowest BCUT2D eigenvalue weighted by molar-refractivity contribution is 0.650. The Morgan fingerprint density at radius 3 is 3.00 bits per heavy atom. The highest BCUT2D eigenvalue weighted by Crippen LogP contribution is 2.14. The maximum absolute atomic E-state index is 5.33. The smallest absolute Gasteiger partial charge is 0.0473 e. The van der Waals surface area contributed by atoms with Crippen molar-refractivity contribution in [1.82, 2.24) is 10.3 Å². The highest BCUT2D eigenvalue weighted by Gasteiger charge is 2.05. The van der Waals surface area contributed by atoms with E-state index in [4.69, 9.17) is 6.42 Å². The van der Waals surface area contributed by atoms with E-state index in [1.165, 1.54) is 0 Å².